The third kappa shape index (κ3) is 4.49. The van der Waals surface area contributed by atoms with E-state index in [-0.39, 0.29) is 11.4 Å². The van der Waals surface area contributed by atoms with Crippen LogP contribution in [0.3, 0.4) is 0 Å². The van der Waals surface area contributed by atoms with E-state index in [0.717, 1.165) is 9.87 Å². The zero-order valence-electron chi connectivity index (χ0n) is 18.2. The number of ether oxygens (including phenoxy) is 2. The Kier molecular flexibility index (Phi) is 6.49. The molecule has 0 saturated heterocycles. The van der Waals surface area contributed by atoms with Gasteiger partial charge in [0.25, 0.3) is 10.0 Å². The lowest BCUT2D eigenvalue weighted by molar-refractivity contribution is -0.119. The minimum atomic E-state index is -3.90. The maximum atomic E-state index is 13.3. The second-order valence-electron chi connectivity index (χ2n) is 7.46. The normalized spacial score (nSPS) is 13.6. The van der Waals surface area contributed by atoms with Crippen molar-refractivity contribution in [3.8, 4) is 22.6 Å². The van der Waals surface area contributed by atoms with Crippen LogP contribution in [0.4, 0.5) is 5.69 Å². The number of carbonyl (C=O) groups excluding carboxylic acids is 1. The number of fused-ring (bicyclic) bond motifs is 3. The number of methoxy groups -OCH3 is 2. The number of nitrogens with zero attached hydrogens (tertiary/aromatic N) is 1. The van der Waals surface area contributed by atoms with Gasteiger partial charge in [0.15, 0.2) is 11.5 Å². The molecule has 0 bridgehead atoms. The quantitative estimate of drug-likeness (QED) is 0.547. The van der Waals surface area contributed by atoms with Crippen LogP contribution >= 0.6 is 11.6 Å². The van der Waals surface area contributed by atoms with Crippen molar-refractivity contribution in [2.45, 2.75) is 11.3 Å². The van der Waals surface area contributed by atoms with Crippen molar-refractivity contribution >= 4 is 33.2 Å². The van der Waals surface area contributed by atoms with Crippen molar-refractivity contribution in [2.75, 3.05) is 31.6 Å². The van der Waals surface area contributed by atoms with Gasteiger partial charge in [0.05, 0.1) is 24.8 Å². The van der Waals surface area contributed by atoms with E-state index in [2.05, 4.69) is 5.32 Å². The van der Waals surface area contributed by atoms with Gasteiger partial charge in [-0.15, -0.1) is 0 Å². The van der Waals surface area contributed by atoms with Gasteiger partial charge in [-0.25, -0.2) is 8.42 Å². The lowest BCUT2D eigenvalue weighted by Crippen LogP contribution is -2.43. The predicted octanol–water partition coefficient (Wildman–Crippen LogP) is 3.89. The summed E-state index contributed by atoms with van der Waals surface area (Å²) >= 11 is 6.17. The second-order valence-corrected chi connectivity index (χ2v) is 9.73. The Morgan fingerprint density at radius 2 is 1.73 bits per heavy atom. The van der Waals surface area contributed by atoms with Crippen LogP contribution in [0.1, 0.15) is 5.56 Å². The summed E-state index contributed by atoms with van der Waals surface area (Å²) in [5.41, 5.74) is 2.62. The fourth-order valence-electron chi connectivity index (χ4n) is 3.84. The summed E-state index contributed by atoms with van der Waals surface area (Å²) in [6.45, 7) is 0.00347. The number of rotatable bonds is 7. The van der Waals surface area contributed by atoms with Gasteiger partial charge in [0.1, 0.15) is 6.54 Å². The third-order valence-electron chi connectivity index (χ3n) is 5.44. The van der Waals surface area contributed by atoms with Crippen molar-refractivity contribution < 1.29 is 22.7 Å². The number of amides is 1. The highest BCUT2D eigenvalue weighted by molar-refractivity contribution is 7.93. The van der Waals surface area contributed by atoms with Gasteiger partial charge in [-0.2, -0.15) is 0 Å². The first kappa shape index (κ1) is 22.9. The molecule has 1 aliphatic heterocycles. The Morgan fingerprint density at radius 1 is 0.970 bits per heavy atom. The molecule has 0 fully saturated rings. The van der Waals surface area contributed by atoms with E-state index in [1.54, 1.807) is 56.7 Å². The van der Waals surface area contributed by atoms with Crippen molar-refractivity contribution in [2.24, 2.45) is 0 Å². The molecular formula is C24H23ClN2O5S. The topological polar surface area (TPSA) is 84.9 Å². The minimum Gasteiger partial charge on any atom is -0.493 e. The molecular weight excluding hydrogens is 464 g/mol. The van der Waals surface area contributed by atoms with Gasteiger partial charge in [-0.1, -0.05) is 35.9 Å². The van der Waals surface area contributed by atoms with E-state index in [4.69, 9.17) is 21.1 Å². The molecule has 33 heavy (non-hydrogen) atoms. The Bertz CT molecular complexity index is 1310. The molecule has 0 atom stereocenters. The molecule has 0 saturated carbocycles. The van der Waals surface area contributed by atoms with Gasteiger partial charge in [-0.05, 0) is 48.4 Å². The molecule has 3 aromatic rings. The average Bonchev–Trinajstić information content (AvgIpc) is 2.82. The van der Waals surface area contributed by atoms with E-state index in [0.29, 0.717) is 46.3 Å². The molecule has 7 nitrogen and oxygen atoms in total. The lowest BCUT2D eigenvalue weighted by Gasteiger charge is -2.31. The van der Waals surface area contributed by atoms with Crippen LogP contribution in [0, 0.1) is 0 Å². The van der Waals surface area contributed by atoms with Crippen LogP contribution < -0.4 is 19.1 Å². The van der Waals surface area contributed by atoms with Gasteiger partial charge in [-0.3, -0.25) is 9.10 Å². The molecule has 1 heterocycles. The maximum Gasteiger partial charge on any atom is 0.265 e. The van der Waals surface area contributed by atoms with Gasteiger partial charge in [0.2, 0.25) is 5.91 Å². The Morgan fingerprint density at radius 3 is 2.48 bits per heavy atom. The number of sulfonamides is 1. The van der Waals surface area contributed by atoms with Crippen LogP contribution in [0.25, 0.3) is 11.1 Å². The summed E-state index contributed by atoms with van der Waals surface area (Å²) in [7, 11) is -0.772. The van der Waals surface area contributed by atoms with Gasteiger partial charge >= 0.3 is 0 Å². The van der Waals surface area contributed by atoms with Gasteiger partial charge < -0.3 is 14.8 Å². The average molecular weight is 487 g/mol. The molecule has 3 aromatic carbocycles. The van der Waals surface area contributed by atoms with Gasteiger partial charge in [0, 0.05) is 22.7 Å². The largest absolute Gasteiger partial charge is 0.493 e. The lowest BCUT2D eigenvalue weighted by atomic mass is 10.0. The molecule has 1 aliphatic rings. The van der Waals surface area contributed by atoms with E-state index < -0.39 is 15.9 Å². The first-order chi connectivity index (χ1) is 15.8. The summed E-state index contributed by atoms with van der Waals surface area (Å²) in [6.07, 6.45) is 0.549. The van der Waals surface area contributed by atoms with Crippen LogP contribution in [0.2, 0.25) is 5.02 Å². The Labute approximate surface area is 197 Å². The van der Waals surface area contributed by atoms with Crippen LogP contribution in [-0.2, 0) is 21.2 Å². The Balaban J connectivity index is 1.50. The summed E-state index contributed by atoms with van der Waals surface area (Å²) in [5.74, 6) is 0.827. The van der Waals surface area contributed by atoms with E-state index in [9.17, 15) is 13.2 Å². The van der Waals surface area contributed by atoms with Crippen LogP contribution in [0.15, 0.2) is 65.6 Å². The number of carbonyl (C=O) groups is 1. The maximum absolute atomic E-state index is 13.3. The number of halogens is 1. The summed E-state index contributed by atoms with van der Waals surface area (Å²) in [4.78, 5) is 12.9. The molecule has 4 rings (SSSR count). The monoisotopic (exact) mass is 486 g/mol. The molecule has 0 unspecified atom stereocenters. The van der Waals surface area contributed by atoms with Crippen LogP contribution in [0.5, 0.6) is 11.5 Å². The molecule has 1 N–H and O–H groups in total. The predicted molar refractivity (Wildman–Crippen MR) is 128 cm³/mol. The van der Waals surface area contributed by atoms with E-state index >= 15 is 0 Å². The van der Waals surface area contributed by atoms with E-state index in [1.807, 2.05) is 12.1 Å². The summed E-state index contributed by atoms with van der Waals surface area (Å²) in [6, 6.07) is 17.2. The molecule has 1 amide bonds. The summed E-state index contributed by atoms with van der Waals surface area (Å²) < 4.78 is 38.3. The fourth-order valence-corrected chi connectivity index (χ4v) is 5.66. The first-order valence-electron chi connectivity index (χ1n) is 10.2. The number of nitrogens with one attached hydrogen (secondary N) is 1. The first-order valence-corrected chi connectivity index (χ1v) is 12.1. The zero-order chi connectivity index (χ0) is 23.6. The SMILES string of the molecule is COc1ccc(CCNC(=O)CN2c3ccc(Cl)cc3-c3ccccc3S2(=O)=O)cc1OC. The standard InChI is InChI=1S/C24H23ClN2O5S/c1-31-21-10-7-16(13-22(21)32-2)11-12-26-24(28)15-27-20-9-8-17(25)14-19(20)18-5-3-4-6-23(18)33(27,29)30/h3-10,13-14H,11-12,15H2,1-2H3,(H,26,28). The van der Waals surface area contributed by atoms with Crippen LogP contribution in [-0.4, -0.2) is 41.6 Å². The van der Waals surface area contributed by atoms with Crippen molar-refractivity contribution in [3.05, 3.63) is 71.2 Å². The number of anilines is 1. The minimum absolute atomic E-state index is 0.151. The third-order valence-corrected chi connectivity index (χ3v) is 7.50. The molecule has 172 valence electrons. The van der Waals surface area contributed by atoms with E-state index in [1.165, 1.54) is 6.07 Å². The zero-order valence-corrected chi connectivity index (χ0v) is 19.7. The molecule has 0 aliphatic carbocycles. The highest BCUT2D eigenvalue weighted by Gasteiger charge is 2.35. The Hall–Kier alpha value is -3.23. The molecule has 0 spiro atoms. The number of hydrogen-bond acceptors (Lipinski definition) is 5. The molecule has 9 heteroatoms. The fraction of sp³-hybridized carbons (Fsp3) is 0.208. The molecule has 0 aromatic heterocycles. The highest BCUT2D eigenvalue weighted by Crippen LogP contribution is 2.43. The second kappa shape index (κ2) is 9.33. The summed E-state index contributed by atoms with van der Waals surface area (Å²) in [5, 5.41) is 3.29. The molecule has 0 radical (unpaired) electrons. The number of benzene rings is 3. The van der Waals surface area contributed by atoms with Crippen molar-refractivity contribution in [1.82, 2.24) is 5.32 Å². The van der Waals surface area contributed by atoms with Crippen molar-refractivity contribution in [1.29, 1.82) is 0 Å². The smallest absolute Gasteiger partial charge is 0.265 e. The van der Waals surface area contributed by atoms with Crippen molar-refractivity contribution in [3.63, 3.8) is 0 Å². The number of hydrogen-bond donors (Lipinski definition) is 1. The highest BCUT2D eigenvalue weighted by atomic mass is 35.5.